The summed E-state index contributed by atoms with van der Waals surface area (Å²) >= 11 is 12.3. The fraction of sp³-hybridized carbons (Fsp3) is 0.360. The highest BCUT2D eigenvalue weighted by Crippen LogP contribution is 2.35. The zero-order valence-corrected chi connectivity index (χ0v) is 22.8. The summed E-state index contributed by atoms with van der Waals surface area (Å²) in [6.07, 6.45) is 2.00. The smallest absolute Gasteiger partial charge is 0.408 e. The lowest BCUT2D eigenvalue weighted by atomic mass is 10.2. The first-order valence-corrected chi connectivity index (χ1v) is 12.1. The van der Waals surface area contributed by atoms with E-state index in [1.54, 1.807) is 45.9 Å². The minimum atomic E-state index is -0.787. The number of methoxy groups -OCH3 is 1. The van der Waals surface area contributed by atoms with Crippen LogP contribution >= 0.6 is 23.2 Å². The second kappa shape index (κ2) is 11.7. The van der Waals surface area contributed by atoms with E-state index in [0.29, 0.717) is 23.7 Å². The molecule has 0 aliphatic carbocycles. The van der Waals surface area contributed by atoms with Gasteiger partial charge in [0, 0.05) is 18.0 Å². The molecule has 2 N–H and O–H groups in total. The Morgan fingerprint density at radius 1 is 1.14 bits per heavy atom. The largest absolute Gasteiger partial charge is 0.493 e. The second-order valence-electron chi connectivity index (χ2n) is 8.83. The molecular formula is C25H28Cl2N4O6. The number of rotatable bonds is 8. The number of ether oxygens (including phenoxy) is 3. The normalized spacial score (nSPS) is 12.0. The SMILES string of the molecule is CCOc1cc(-c2nc(C(=O)Nc3c(Cl)cncc3Cl)c(C(C)NC(=O)OC(C)(C)C)o2)ccc1OC. The highest BCUT2D eigenvalue weighted by atomic mass is 35.5. The number of aromatic nitrogens is 2. The molecule has 10 nitrogen and oxygen atoms in total. The quantitative estimate of drug-likeness (QED) is 0.335. The number of nitrogens with zero attached hydrogens (tertiary/aromatic N) is 2. The summed E-state index contributed by atoms with van der Waals surface area (Å²) in [5, 5.41) is 5.59. The van der Waals surface area contributed by atoms with E-state index in [9.17, 15) is 9.59 Å². The van der Waals surface area contributed by atoms with Crippen LogP contribution in [-0.4, -0.2) is 41.3 Å². The Kier molecular flexibility index (Phi) is 8.88. The van der Waals surface area contributed by atoms with Gasteiger partial charge in [-0.1, -0.05) is 23.2 Å². The molecule has 37 heavy (non-hydrogen) atoms. The number of nitrogens with one attached hydrogen (secondary N) is 2. The minimum absolute atomic E-state index is 0.0868. The zero-order valence-electron chi connectivity index (χ0n) is 21.3. The van der Waals surface area contributed by atoms with Gasteiger partial charge in [0.1, 0.15) is 5.60 Å². The fourth-order valence-electron chi connectivity index (χ4n) is 3.24. The molecule has 3 rings (SSSR count). The van der Waals surface area contributed by atoms with E-state index in [-0.39, 0.29) is 33.1 Å². The molecule has 2 amide bonds. The number of halogens is 2. The van der Waals surface area contributed by atoms with Crippen molar-refractivity contribution >= 4 is 40.9 Å². The summed E-state index contributed by atoms with van der Waals surface area (Å²) in [5.41, 5.74) is -0.121. The molecule has 12 heteroatoms. The van der Waals surface area contributed by atoms with E-state index >= 15 is 0 Å². The van der Waals surface area contributed by atoms with Gasteiger partial charge in [0.25, 0.3) is 5.91 Å². The maximum atomic E-state index is 13.3. The number of anilines is 1. The topological polar surface area (TPSA) is 125 Å². The Labute approximate surface area is 224 Å². The summed E-state index contributed by atoms with van der Waals surface area (Å²) in [6, 6.07) is 4.30. The number of oxazole rings is 1. The van der Waals surface area contributed by atoms with E-state index in [0.717, 1.165) is 0 Å². The van der Waals surface area contributed by atoms with Crippen LogP contribution in [0.25, 0.3) is 11.5 Å². The molecule has 2 heterocycles. The molecule has 0 radical (unpaired) electrons. The number of pyridine rings is 1. The first-order chi connectivity index (χ1) is 17.4. The number of hydrogen-bond donors (Lipinski definition) is 2. The van der Waals surface area contributed by atoms with Gasteiger partial charge in [-0.2, -0.15) is 0 Å². The van der Waals surface area contributed by atoms with Crippen LogP contribution in [0.4, 0.5) is 10.5 Å². The van der Waals surface area contributed by atoms with Gasteiger partial charge in [-0.3, -0.25) is 9.78 Å². The van der Waals surface area contributed by atoms with Crippen molar-refractivity contribution in [1.29, 1.82) is 0 Å². The minimum Gasteiger partial charge on any atom is -0.493 e. The second-order valence-corrected chi connectivity index (χ2v) is 9.65. The van der Waals surface area contributed by atoms with E-state index in [2.05, 4.69) is 20.6 Å². The molecule has 0 aliphatic rings. The monoisotopic (exact) mass is 550 g/mol. The third-order valence-electron chi connectivity index (χ3n) is 4.80. The average Bonchev–Trinajstić information content (AvgIpc) is 3.26. The Bertz CT molecular complexity index is 1270. The van der Waals surface area contributed by atoms with Crippen LogP contribution in [0.1, 0.15) is 56.9 Å². The lowest BCUT2D eigenvalue weighted by molar-refractivity contribution is 0.0501. The van der Waals surface area contributed by atoms with E-state index in [1.165, 1.54) is 19.5 Å². The van der Waals surface area contributed by atoms with Crippen LogP contribution < -0.4 is 20.1 Å². The van der Waals surface area contributed by atoms with Crippen molar-refractivity contribution in [1.82, 2.24) is 15.3 Å². The van der Waals surface area contributed by atoms with Gasteiger partial charge in [0.05, 0.1) is 35.5 Å². The lowest BCUT2D eigenvalue weighted by Gasteiger charge is -2.21. The Morgan fingerprint density at radius 3 is 2.41 bits per heavy atom. The van der Waals surface area contributed by atoms with Crippen molar-refractivity contribution in [2.24, 2.45) is 0 Å². The highest BCUT2D eigenvalue weighted by molar-refractivity contribution is 6.39. The number of carbonyl (C=O) groups excluding carboxylic acids is 2. The van der Waals surface area contributed by atoms with Gasteiger partial charge in [0.15, 0.2) is 23.0 Å². The summed E-state index contributed by atoms with van der Waals surface area (Å²) in [6.45, 7) is 9.11. The summed E-state index contributed by atoms with van der Waals surface area (Å²) in [5.74, 6) is 0.555. The molecule has 198 valence electrons. The molecule has 1 unspecified atom stereocenters. The standard InChI is InChI=1S/C25H28Cl2N4O6/c1-7-35-18-10-14(8-9-17(18)34-6)23-31-20(22(32)30-19-15(26)11-28-12-16(19)27)21(36-23)13(2)29-24(33)37-25(3,4)5/h8-13H,7H2,1-6H3,(H,29,33)(H,28,30,32). The molecule has 0 saturated carbocycles. The van der Waals surface area contributed by atoms with Crippen molar-refractivity contribution in [2.75, 3.05) is 19.0 Å². The highest BCUT2D eigenvalue weighted by Gasteiger charge is 2.28. The molecule has 0 spiro atoms. The van der Waals surface area contributed by atoms with Gasteiger partial charge in [-0.05, 0) is 52.8 Å². The van der Waals surface area contributed by atoms with Gasteiger partial charge in [-0.15, -0.1) is 0 Å². The molecule has 0 aliphatic heterocycles. The molecule has 3 aromatic rings. The van der Waals surface area contributed by atoms with Gasteiger partial charge >= 0.3 is 6.09 Å². The number of benzene rings is 1. The molecule has 1 atom stereocenters. The first-order valence-electron chi connectivity index (χ1n) is 11.3. The molecular weight excluding hydrogens is 523 g/mol. The Morgan fingerprint density at radius 2 is 1.81 bits per heavy atom. The van der Waals surface area contributed by atoms with Crippen LogP contribution in [-0.2, 0) is 4.74 Å². The maximum absolute atomic E-state index is 13.3. The molecule has 0 bridgehead atoms. The average molecular weight is 551 g/mol. The zero-order chi connectivity index (χ0) is 27.3. The van der Waals surface area contributed by atoms with Gasteiger partial charge in [-0.25, -0.2) is 9.78 Å². The van der Waals surface area contributed by atoms with Crippen molar-refractivity contribution in [3.8, 4) is 23.0 Å². The third-order valence-corrected chi connectivity index (χ3v) is 5.37. The van der Waals surface area contributed by atoms with Crippen LogP contribution in [0, 0.1) is 0 Å². The first kappa shape index (κ1) is 28.1. The van der Waals surface area contributed by atoms with E-state index < -0.39 is 23.6 Å². The lowest BCUT2D eigenvalue weighted by Crippen LogP contribution is -2.34. The van der Waals surface area contributed by atoms with Crippen LogP contribution in [0.15, 0.2) is 35.0 Å². The summed E-state index contributed by atoms with van der Waals surface area (Å²) in [4.78, 5) is 34.0. The summed E-state index contributed by atoms with van der Waals surface area (Å²) < 4.78 is 22.3. The molecule has 0 fully saturated rings. The van der Waals surface area contributed by atoms with E-state index in [4.69, 9.17) is 41.8 Å². The van der Waals surface area contributed by atoms with Crippen molar-refractivity contribution in [3.05, 3.63) is 52.1 Å². The third kappa shape index (κ3) is 7.05. The number of carbonyl (C=O) groups is 2. The van der Waals surface area contributed by atoms with Crippen LogP contribution in [0.3, 0.4) is 0 Å². The predicted octanol–water partition coefficient (Wildman–Crippen LogP) is 6.29. The molecule has 1 aromatic carbocycles. The van der Waals surface area contributed by atoms with Gasteiger partial charge in [0.2, 0.25) is 5.89 Å². The predicted molar refractivity (Wildman–Crippen MR) is 140 cm³/mol. The summed E-state index contributed by atoms with van der Waals surface area (Å²) in [7, 11) is 1.53. The number of alkyl carbamates (subject to hydrolysis) is 1. The Balaban J connectivity index is 2.03. The van der Waals surface area contributed by atoms with Crippen molar-refractivity contribution < 1.29 is 28.2 Å². The van der Waals surface area contributed by atoms with E-state index in [1.807, 2.05) is 6.92 Å². The maximum Gasteiger partial charge on any atom is 0.408 e. The van der Waals surface area contributed by atoms with Gasteiger partial charge < -0.3 is 29.3 Å². The Hall–Kier alpha value is -3.50. The fourth-order valence-corrected chi connectivity index (χ4v) is 3.70. The van der Waals surface area contributed by atoms with Crippen molar-refractivity contribution in [2.45, 2.75) is 46.3 Å². The number of hydrogen-bond acceptors (Lipinski definition) is 8. The van der Waals surface area contributed by atoms with Crippen LogP contribution in [0.2, 0.25) is 10.0 Å². The molecule has 2 aromatic heterocycles. The molecule has 0 saturated heterocycles. The van der Waals surface area contributed by atoms with Crippen LogP contribution in [0.5, 0.6) is 11.5 Å². The number of amides is 2. The van der Waals surface area contributed by atoms with Crippen molar-refractivity contribution in [3.63, 3.8) is 0 Å².